The van der Waals surface area contributed by atoms with Gasteiger partial charge in [0.15, 0.2) is 0 Å². The average Bonchev–Trinajstić information content (AvgIpc) is 3.00. The van der Waals surface area contributed by atoms with Crippen molar-refractivity contribution in [2.24, 2.45) is 0 Å². The molecule has 0 aromatic rings. The van der Waals surface area contributed by atoms with Crippen LogP contribution >= 0.6 is 0 Å². The van der Waals surface area contributed by atoms with Crippen LogP contribution in [0.4, 0.5) is 0 Å². The molecule has 0 heterocycles. The summed E-state index contributed by atoms with van der Waals surface area (Å²) in [6.07, 6.45) is 45.4. The lowest BCUT2D eigenvalue weighted by atomic mass is 10.0. The molecule has 0 aromatic carbocycles. The lowest BCUT2D eigenvalue weighted by Gasteiger charge is -2.07. The Bertz CT molecular complexity index is 381. The summed E-state index contributed by atoms with van der Waals surface area (Å²) in [5.74, 6) is 0. The number of hydroxylamine groups is 2. The second-order valence-corrected chi connectivity index (χ2v) is 12.5. The van der Waals surface area contributed by atoms with Crippen molar-refractivity contribution in [2.45, 2.75) is 219 Å². The Labute approximate surface area is 261 Å². The van der Waals surface area contributed by atoms with E-state index in [-0.39, 0.29) is 0 Å². The summed E-state index contributed by atoms with van der Waals surface area (Å²) in [7, 11) is 0. The standard InChI is InChI=1S/C36H76N2O.C2H4/c1-3-5-7-9-11-13-15-17-19-21-23-25-27-29-31-33-35-37-39-38-36-34-32-30-28-26-24-22-20-18-16-14-12-10-8-6-4-2;1-2/h37-38H,3-36H2,1-2H3;1-2H2. The van der Waals surface area contributed by atoms with E-state index in [9.17, 15) is 0 Å². The number of hydrogen-bond donors (Lipinski definition) is 2. The molecular weight excluding hydrogens is 500 g/mol. The normalized spacial score (nSPS) is 11.1. The quantitative estimate of drug-likeness (QED) is 0.0439. The lowest BCUT2D eigenvalue weighted by molar-refractivity contribution is -0.0387. The Morgan fingerprint density at radius 1 is 0.293 bits per heavy atom. The van der Waals surface area contributed by atoms with E-state index in [4.69, 9.17) is 4.94 Å². The van der Waals surface area contributed by atoms with E-state index in [0.717, 1.165) is 13.1 Å². The minimum absolute atomic E-state index is 0.963. The molecule has 0 aliphatic carbocycles. The number of hydrogen-bond acceptors (Lipinski definition) is 3. The van der Waals surface area contributed by atoms with Crippen LogP contribution in [0.25, 0.3) is 0 Å². The predicted octanol–water partition coefficient (Wildman–Crippen LogP) is 13.3. The van der Waals surface area contributed by atoms with Gasteiger partial charge in [-0.15, -0.1) is 13.2 Å². The first-order valence-corrected chi connectivity index (χ1v) is 19.0. The van der Waals surface area contributed by atoms with Gasteiger partial charge in [-0.1, -0.05) is 206 Å². The zero-order valence-electron chi connectivity index (χ0n) is 28.9. The second kappa shape index (κ2) is 44.1. The van der Waals surface area contributed by atoms with E-state index < -0.39 is 0 Å². The van der Waals surface area contributed by atoms with Gasteiger partial charge in [-0.05, 0) is 12.8 Å². The lowest BCUT2D eigenvalue weighted by Crippen LogP contribution is -2.27. The van der Waals surface area contributed by atoms with Crippen LogP contribution in [-0.2, 0) is 4.94 Å². The molecule has 0 spiro atoms. The summed E-state index contributed by atoms with van der Waals surface area (Å²) in [5, 5.41) is 0. The topological polar surface area (TPSA) is 33.3 Å². The van der Waals surface area contributed by atoms with Crippen LogP contribution in [0.15, 0.2) is 13.2 Å². The zero-order valence-corrected chi connectivity index (χ0v) is 28.9. The number of nitrogens with one attached hydrogen (secondary N) is 2. The first-order chi connectivity index (χ1) is 20.4. The fourth-order valence-corrected chi connectivity index (χ4v) is 5.64. The smallest absolute Gasteiger partial charge is 0.0229 e. The highest BCUT2D eigenvalue weighted by atomic mass is 16.8. The van der Waals surface area contributed by atoms with E-state index >= 15 is 0 Å². The van der Waals surface area contributed by atoms with Gasteiger partial charge in [0.2, 0.25) is 0 Å². The maximum Gasteiger partial charge on any atom is 0.0229 e. The SMILES string of the molecule is C=C.CCCCCCCCCCCCCCCCCCNONCCCCCCCCCCCCCCCCCC. The fraction of sp³-hybridized carbons (Fsp3) is 0.947. The summed E-state index contributed by atoms with van der Waals surface area (Å²) in [6.45, 7) is 12.5. The van der Waals surface area contributed by atoms with Gasteiger partial charge in [-0.3, -0.25) is 0 Å². The maximum atomic E-state index is 5.38. The van der Waals surface area contributed by atoms with Crippen molar-refractivity contribution >= 4 is 0 Å². The van der Waals surface area contributed by atoms with Crippen molar-refractivity contribution in [3.63, 3.8) is 0 Å². The van der Waals surface area contributed by atoms with Crippen LogP contribution < -0.4 is 11.0 Å². The molecule has 0 amide bonds. The first kappa shape index (κ1) is 42.8. The maximum absolute atomic E-state index is 5.38. The molecule has 41 heavy (non-hydrogen) atoms. The third kappa shape index (κ3) is 44.2. The summed E-state index contributed by atoms with van der Waals surface area (Å²) in [6, 6.07) is 0. The van der Waals surface area contributed by atoms with Crippen LogP contribution in [0.1, 0.15) is 219 Å². The molecule has 3 heteroatoms. The van der Waals surface area contributed by atoms with Gasteiger partial charge < -0.3 is 0 Å². The molecule has 0 aliphatic heterocycles. The molecule has 0 fully saturated rings. The van der Waals surface area contributed by atoms with Crippen LogP contribution in [0.2, 0.25) is 0 Å². The van der Waals surface area contributed by atoms with Crippen molar-refractivity contribution in [3.8, 4) is 0 Å². The summed E-state index contributed by atoms with van der Waals surface area (Å²) < 4.78 is 0. The fourth-order valence-electron chi connectivity index (χ4n) is 5.64. The highest BCUT2D eigenvalue weighted by molar-refractivity contribution is 4.52. The highest BCUT2D eigenvalue weighted by Gasteiger charge is 1.97. The average molecular weight is 581 g/mol. The Morgan fingerprint density at radius 2 is 0.463 bits per heavy atom. The van der Waals surface area contributed by atoms with Crippen LogP contribution in [-0.4, -0.2) is 13.1 Å². The van der Waals surface area contributed by atoms with Crippen molar-refractivity contribution in [2.75, 3.05) is 13.1 Å². The van der Waals surface area contributed by atoms with E-state index in [1.165, 1.54) is 205 Å². The minimum atomic E-state index is 0.963. The number of rotatable bonds is 36. The number of unbranched alkanes of at least 4 members (excludes halogenated alkanes) is 30. The third-order valence-electron chi connectivity index (χ3n) is 8.41. The monoisotopic (exact) mass is 581 g/mol. The molecule has 3 nitrogen and oxygen atoms in total. The summed E-state index contributed by atoms with van der Waals surface area (Å²) in [5.41, 5.74) is 6.16. The molecular formula is C38H80N2O. The zero-order chi connectivity index (χ0) is 30.2. The minimum Gasteiger partial charge on any atom is -0.214 e. The van der Waals surface area contributed by atoms with Crippen molar-refractivity contribution in [3.05, 3.63) is 13.2 Å². The van der Waals surface area contributed by atoms with Crippen LogP contribution in [0.3, 0.4) is 0 Å². The van der Waals surface area contributed by atoms with Crippen molar-refractivity contribution in [1.29, 1.82) is 0 Å². The molecule has 2 N–H and O–H groups in total. The van der Waals surface area contributed by atoms with Gasteiger partial charge in [0.05, 0.1) is 0 Å². The Morgan fingerprint density at radius 3 is 0.659 bits per heavy atom. The molecule has 0 rings (SSSR count). The molecule has 0 bridgehead atoms. The highest BCUT2D eigenvalue weighted by Crippen LogP contribution is 2.15. The molecule has 248 valence electrons. The molecule has 0 saturated heterocycles. The van der Waals surface area contributed by atoms with Crippen LogP contribution in [0, 0.1) is 0 Å². The summed E-state index contributed by atoms with van der Waals surface area (Å²) in [4.78, 5) is 5.38. The summed E-state index contributed by atoms with van der Waals surface area (Å²) >= 11 is 0. The molecule has 0 radical (unpaired) electrons. The Kier molecular flexibility index (Phi) is 45.9. The molecule has 0 saturated carbocycles. The van der Waals surface area contributed by atoms with Gasteiger partial charge in [0.25, 0.3) is 0 Å². The third-order valence-corrected chi connectivity index (χ3v) is 8.41. The molecule has 0 unspecified atom stereocenters. The van der Waals surface area contributed by atoms with Gasteiger partial charge >= 0.3 is 0 Å². The van der Waals surface area contributed by atoms with E-state index in [0.29, 0.717) is 0 Å². The van der Waals surface area contributed by atoms with E-state index in [2.05, 4.69) is 38.0 Å². The predicted molar refractivity (Wildman–Crippen MR) is 187 cm³/mol. The van der Waals surface area contributed by atoms with E-state index in [1.54, 1.807) is 0 Å². The van der Waals surface area contributed by atoms with Crippen molar-refractivity contribution < 1.29 is 4.94 Å². The van der Waals surface area contributed by atoms with Gasteiger partial charge in [-0.25, -0.2) is 4.94 Å². The largest absolute Gasteiger partial charge is 0.214 e. The van der Waals surface area contributed by atoms with Gasteiger partial charge in [0, 0.05) is 13.1 Å². The van der Waals surface area contributed by atoms with E-state index in [1.807, 2.05) is 0 Å². The molecule has 0 aliphatic rings. The van der Waals surface area contributed by atoms with Gasteiger partial charge in [0.1, 0.15) is 0 Å². The van der Waals surface area contributed by atoms with Crippen molar-refractivity contribution in [1.82, 2.24) is 11.0 Å². The molecule has 0 atom stereocenters. The first-order valence-electron chi connectivity index (χ1n) is 19.0. The Hall–Kier alpha value is -0.380. The second-order valence-electron chi connectivity index (χ2n) is 12.5. The Balaban J connectivity index is 0. The molecule has 0 aromatic heterocycles. The van der Waals surface area contributed by atoms with Gasteiger partial charge in [-0.2, -0.15) is 11.0 Å². The van der Waals surface area contributed by atoms with Crippen LogP contribution in [0.5, 0.6) is 0 Å².